The number of hydrogen-bond acceptors (Lipinski definition) is 1. The average molecular weight is 246 g/mol. The second kappa shape index (κ2) is 4.97. The molecule has 0 radical (unpaired) electrons. The summed E-state index contributed by atoms with van der Waals surface area (Å²) in [4.78, 5) is 3.49. The Balaban J connectivity index is 2.29. The highest BCUT2D eigenvalue weighted by atomic mass is 19.4. The summed E-state index contributed by atoms with van der Waals surface area (Å²) in [6, 6.07) is 12.8. The zero-order valence-corrected chi connectivity index (χ0v) is 9.28. The van der Waals surface area contributed by atoms with E-state index in [2.05, 4.69) is 16.8 Å². The minimum atomic E-state index is -5.08. The summed E-state index contributed by atoms with van der Waals surface area (Å²) >= 11 is 0. The Hall–Kier alpha value is -2.22. The smallest absolute Gasteiger partial charge is 0.444 e. The largest absolute Gasteiger partial charge is 0.527 e. The lowest BCUT2D eigenvalue weighted by Crippen LogP contribution is -2.36. The Kier molecular flexibility index (Phi) is 3.38. The standard InChI is InChI=1S/C13H8BF3N/c15-14(16,17)13-8-4-7-12(18-13)10-9-11-5-2-1-3-6-11/h1-8H/q-1. The first-order chi connectivity index (χ1) is 8.55. The van der Waals surface area contributed by atoms with Gasteiger partial charge in [0, 0.05) is 5.56 Å². The van der Waals surface area contributed by atoms with Crippen LogP contribution in [0.1, 0.15) is 11.3 Å². The first kappa shape index (κ1) is 12.2. The third kappa shape index (κ3) is 3.14. The number of benzene rings is 1. The molecule has 0 atom stereocenters. The topological polar surface area (TPSA) is 12.9 Å². The van der Waals surface area contributed by atoms with Gasteiger partial charge in [0.15, 0.2) is 0 Å². The van der Waals surface area contributed by atoms with Gasteiger partial charge in [0.1, 0.15) is 5.69 Å². The Morgan fingerprint density at radius 1 is 0.833 bits per heavy atom. The maximum atomic E-state index is 12.5. The first-order valence-corrected chi connectivity index (χ1v) is 5.30. The molecule has 1 aromatic heterocycles. The molecule has 18 heavy (non-hydrogen) atoms. The van der Waals surface area contributed by atoms with Crippen molar-refractivity contribution in [2.24, 2.45) is 0 Å². The van der Waals surface area contributed by atoms with Crippen molar-refractivity contribution in [1.29, 1.82) is 0 Å². The number of halogens is 3. The van der Waals surface area contributed by atoms with Crippen molar-refractivity contribution in [3.8, 4) is 11.8 Å². The molecule has 0 fully saturated rings. The lowest BCUT2D eigenvalue weighted by molar-refractivity contribution is 0.498. The van der Waals surface area contributed by atoms with E-state index < -0.39 is 12.6 Å². The van der Waals surface area contributed by atoms with Crippen molar-refractivity contribution < 1.29 is 12.9 Å². The molecule has 0 aliphatic heterocycles. The highest BCUT2D eigenvalue weighted by molar-refractivity contribution is 6.72. The normalized spacial score (nSPS) is 10.6. The van der Waals surface area contributed by atoms with Gasteiger partial charge in [-0.3, -0.25) is 4.98 Å². The van der Waals surface area contributed by atoms with Crippen molar-refractivity contribution in [2.45, 2.75) is 0 Å². The van der Waals surface area contributed by atoms with Crippen LogP contribution in [0.4, 0.5) is 12.9 Å². The van der Waals surface area contributed by atoms with Crippen LogP contribution >= 0.6 is 0 Å². The van der Waals surface area contributed by atoms with Gasteiger partial charge in [-0.2, -0.15) is 0 Å². The fraction of sp³-hybridized carbons (Fsp3) is 0. The van der Waals surface area contributed by atoms with E-state index in [9.17, 15) is 12.9 Å². The van der Waals surface area contributed by atoms with Crippen LogP contribution in [-0.2, 0) is 0 Å². The first-order valence-electron chi connectivity index (χ1n) is 5.30. The quantitative estimate of drug-likeness (QED) is 0.556. The van der Waals surface area contributed by atoms with Gasteiger partial charge in [-0.25, -0.2) is 0 Å². The molecule has 0 unspecified atom stereocenters. The summed E-state index contributed by atoms with van der Waals surface area (Å²) in [6.07, 6.45) is 0. The summed E-state index contributed by atoms with van der Waals surface area (Å²) in [5, 5.41) is 0. The molecule has 1 nitrogen and oxygen atoms in total. The van der Waals surface area contributed by atoms with Crippen molar-refractivity contribution in [3.05, 3.63) is 59.8 Å². The van der Waals surface area contributed by atoms with Gasteiger partial charge < -0.3 is 12.9 Å². The third-order valence-corrected chi connectivity index (χ3v) is 2.21. The van der Waals surface area contributed by atoms with Crippen molar-refractivity contribution in [1.82, 2.24) is 4.98 Å². The summed E-state index contributed by atoms with van der Waals surface area (Å²) in [5.41, 5.74) is -0.00682. The fourth-order valence-corrected chi connectivity index (χ4v) is 1.36. The van der Waals surface area contributed by atoms with Gasteiger partial charge in [-0.1, -0.05) is 36.3 Å². The van der Waals surface area contributed by atoms with Gasteiger partial charge in [-0.15, -0.1) is 0 Å². The van der Waals surface area contributed by atoms with Crippen molar-refractivity contribution >= 4 is 12.6 Å². The predicted octanol–water partition coefficient (Wildman–Crippen LogP) is 2.54. The van der Waals surface area contributed by atoms with Crippen LogP contribution in [0.5, 0.6) is 0 Å². The zero-order valence-electron chi connectivity index (χ0n) is 9.28. The number of nitrogens with zero attached hydrogens (tertiary/aromatic N) is 1. The summed E-state index contributed by atoms with van der Waals surface area (Å²) in [5.74, 6) is 5.39. The molecule has 90 valence electrons. The van der Waals surface area contributed by atoms with E-state index in [-0.39, 0.29) is 5.69 Å². The van der Waals surface area contributed by atoms with Crippen LogP contribution in [0.2, 0.25) is 0 Å². The molecule has 1 heterocycles. The third-order valence-electron chi connectivity index (χ3n) is 2.21. The molecule has 0 aliphatic carbocycles. The van der Waals surface area contributed by atoms with E-state index >= 15 is 0 Å². The molecule has 0 aliphatic rings. The lowest BCUT2D eigenvalue weighted by atomic mass is 9.85. The van der Waals surface area contributed by atoms with Crippen LogP contribution < -0.4 is 5.59 Å². The molecule has 0 amide bonds. The minimum Gasteiger partial charge on any atom is -0.444 e. The molecule has 0 saturated carbocycles. The average Bonchev–Trinajstić information content (AvgIpc) is 2.37. The maximum absolute atomic E-state index is 12.5. The molecular formula is C13H8BF3N-. The van der Waals surface area contributed by atoms with E-state index in [1.807, 2.05) is 18.2 Å². The van der Waals surface area contributed by atoms with E-state index in [1.54, 1.807) is 12.1 Å². The Morgan fingerprint density at radius 3 is 2.22 bits per heavy atom. The van der Waals surface area contributed by atoms with Crippen LogP contribution in [0.15, 0.2) is 48.5 Å². The van der Waals surface area contributed by atoms with E-state index in [0.717, 1.165) is 11.6 Å². The maximum Gasteiger partial charge on any atom is 0.527 e. The molecule has 5 heteroatoms. The van der Waals surface area contributed by atoms with Crippen molar-refractivity contribution in [2.75, 3.05) is 0 Å². The second-order valence-electron chi connectivity index (χ2n) is 3.64. The van der Waals surface area contributed by atoms with Crippen molar-refractivity contribution in [3.63, 3.8) is 0 Å². The Bertz CT molecular complexity index is 597. The molecule has 2 aromatic rings. The van der Waals surface area contributed by atoms with E-state index in [1.165, 1.54) is 12.1 Å². The van der Waals surface area contributed by atoms with Gasteiger partial charge in [-0.05, 0) is 29.7 Å². The number of aromatic nitrogens is 1. The second-order valence-corrected chi connectivity index (χ2v) is 3.64. The SMILES string of the molecule is F[B-](F)(F)c1cccc(C#Cc2ccccc2)n1. The van der Waals surface area contributed by atoms with E-state index in [0.29, 0.717) is 0 Å². The highest BCUT2D eigenvalue weighted by Crippen LogP contribution is 2.07. The fourth-order valence-electron chi connectivity index (χ4n) is 1.36. The van der Waals surface area contributed by atoms with Gasteiger partial charge >= 0.3 is 6.98 Å². The Labute approximate surface area is 103 Å². The summed E-state index contributed by atoms with van der Waals surface area (Å²) in [7, 11) is 0. The Morgan fingerprint density at radius 2 is 1.56 bits per heavy atom. The van der Waals surface area contributed by atoms with Gasteiger partial charge in [0.25, 0.3) is 0 Å². The molecule has 2 rings (SSSR count). The van der Waals surface area contributed by atoms with Crippen LogP contribution in [-0.4, -0.2) is 12.0 Å². The highest BCUT2D eigenvalue weighted by Gasteiger charge is 2.27. The van der Waals surface area contributed by atoms with Gasteiger partial charge in [0.05, 0.1) is 0 Å². The van der Waals surface area contributed by atoms with Crippen LogP contribution in [0.3, 0.4) is 0 Å². The molecule has 0 bridgehead atoms. The van der Waals surface area contributed by atoms with E-state index in [4.69, 9.17) is 0 Å². The van der Waals surface area contributed by atoms with Crippen LogP contribution in [0.25, 0.3) is 0 Å². The number of rotatable bonds is 1. The lowest BCUT2D eigenvalue weighted by Gasteiger charge is -2.12. The zero-order chi connectivity index (χ0) is 13.0. The van der Waals surface area contributed by atoms with Crippen LogP contribution in [0, 0.1) is 11.8 Å². The predicted molar refractivity (Wildman–Crippen MR) is 65.4 cm³/mol. The molecule has 0 N–H and O–H groups in total. The molecular weight excluding hydrogens is 238 g/mol. The molecule has 0 saturated heterocycles. The molecule has 1 aromatic carbocycles. The van der Waals surface area contributed by atoms with Gasteiger partial charge in [0.2, 0.25) is 0 Å². The minimum absolute atomic E-state index is 0.121. The monoisotopic (exact) mass is 246 g/mol. The summed E-state index contributed by atoms with van der Waals surface area (Å²) < 4.78 is 37.4. The number of pyridine rings is 1. The summed E-state index contributed by atoms with van der Waals surface area (Å²) in [6.45, 7) is -5.08. The molecule has 0 spiro atoms. The number of hydrogen-bond donors (Lipinski definition) is 0.